The third-order valence-electron chi connectivity index (χ3n) is 9.21. The van der Waals surface area contributed by atoms with Crippen LogP contribution in [0.4, 0.5) is 79.0 Å². The number of fused-ring (bicyclic) bond motifs is 21. The lowest BCUT2D eigenvalue weighted by molar-refractivity contribution is -0.190. The summed E-state index contributed by atoms with van der Waals surface area (Å²) in [5.74, 6) is -16.6. The van der Waals surface area contributed by atoms with Crippen molar-refractivity contribution in [2.24, 2.45) is 0 Å². The van der Waals surface area contributed by atoms with E-state index in [0.717, 1.165) is 0 Å². The molecule has 2 bridgehead atoms. The van der Waals surface area contributed by atoms with Gasteiger partial charge in [-0.15, -0.1) is 0 Å². The standard InChI is InChI=1S/C30H36F18N8O6/c31-25(32,33)19(57)51-7-1-49-2-8-52(20(58)26(34,35)36)15-17-55(23(61)29(43,44)45)11-5-50(4-10-54(14-13-51)22(60)28(40,41)42)6-12-56(24(62)30(46,47)48)18-16-53(9-3-49)21(59)27(37,38)39/h1-18H2. The van der Waals surface area contributed by atoms with Crippen LogP contribution in [-0.4, -0.2) is 230 Å². The molecule has 0 spiro atoms. The lowest BCUT2D eigenvalue weighted by Gasteiger charge is -2.36. The molecule has 3 rings (SSSR count). The van der Waals surface area contributed by atoms with Crippen LogP contribution in [-0.2, 0) is 28.8 Å². The van der Waals surface area contributed by atoms with Crippen LogP contribution in [0.2, 0.25) is 0 Å². The maximum absolute atomic E-state index is 13.7. The van der Waals surface area contributed by atoms with Gasteiger partial charge in [-0.3, -0.25) is 38.6 Å². The van der Waals surface area contributed by atoms with Crippen molar-refractivity contribution in [2.45, 2.75) is 37.1 Å². The minimum atomic E-state index is -5.79. The number of hydrogen-bond acceptors (Lipinski definition) is 8. The van der Waals surface area contributed by atoms with Crippen molar-refractivity contribution in [3.8, 4) is 0 Å². The van der Waals surface area contributed by atoms with Gasteiger partial charge >= 0.3 is 72.5 Å². The molecule has 358 valence electrons. The van der Waals surface area contributed by atoms with Crippen LogP contribution in [0, 0.1) is 0 Å². The number of halogens is 18. The van der Waals surface area contributed by atoms with Crippen molar-refractivity contribution in [3.05, 3.63) is 0 Å². The van der Waals surface area contributed by atoms with Crippen molar-refractivity contribution in [1.29, 1.82) is 0 Å². The molecule has 62 heavy (non-hydrogen) atoms. The SMILES string of the molecule is O=C(N1CCN2CCN(C(=O)C(F)(F)F)CCN(C(=O)C(F)(F)F)CCN(CCN(C(=O)C(F)(F)F)CC1)CCN(C(=O)C(F)(F)F)CCN(C(=O)C(F)(F)F)CC2)C(F)(F)F. The molecule has 14 nitrogen and oxygen atoms in total. The van der Waals surface area contributed by atoms with Gasteiger partial charge in [-0.1, -0.05) is 0 Å². The fraction of sp³-hybridized carbons (Fsp3) is 0.800. The molecule has 0 N–H and O–H groups in total. The van der Waals surface area contributed by atoms with E-state index in [4.69, 9.17) is 0 Å². The van der Waals surface area contributed by atoms with Crippen LogP contribution >= 0.6 is 0 Å². The lowest BCUT2D eigenvalue weighted by atomic mass is 10.3. The molecule has 3 fully saturated rings. The molecule has 3 saturated heterocycles. The van der Waals surface area contributed by atoms with Gasteiger partial charge in [-0.2, -0.15) is 79.0 Å². The van der Waals surface area contributed by atoms with Gasteiger partial charge in [0.2, 0.25) is 0 Å². The Balaban J connectivity index is 2.93. The fourth-order valence-corrected chi connectivity index (χ4v) is 5.93. The van der Waals surface area contributed by atoms with E-state index in [0.29, 0.717) is 9.80 Å². The smallest absolute Gasteiger partial charge is 0.332 e. The summed E-state index contributed by atoms with van der Waals surface area (Å²) < 4.78 is 246. The lowest BCUT2D eigenvalue weighted by Crippen LogP contribution is -2.55. The first-order valence-corrected chi connectivity index (χ1v) is 17.7. The predicted octanol–water partition coefficient (Wildman–Crippen LogP) is 1.96. The normalized spacial score (nSPS) is 21.4. The summed E-state index contributed by atoms with van der Waals surface area (Å²) in [7, 11) is 0. The minimum absolute atomic E-state index is 0.188. The molecule has 0 aromatic heterocycles. The first kappa shape index (κ1) is 53.6. The monoisotopic (exact) mass is 946 g/mol. The average Bonchev–Trinajstić information content (AvgIpc) is 3.12. The van der Waals surface area contributed by atoms with E-state index in [1.165, 1.54) is 0 Å². The molecule has 6 amide bonds. The largest absolute Gasteiger partial charge is 0.471 e. The summed E-state index contributed by atoms with van der Waals surface area (Å²) in [6.07, 6.45) is -34.8. The van der Waals surface area contributed by atoms with E-state index < -0.39 is 190 Å². The quantitative estimate of drug-likeness (QED) is 0.338. The van der Waals surface area contributed by atoms with Gasteiger partial charge in [0.25, 0.3) is 0 Å². The fourth-order valence-electron chi connectivity index (χ4n) is 5.93. The number of amides is 6. The molecule has 3 aliphatic rings. The highest BCUT2D eigenvalue weighted by Crippen LogP contribution is 2.25. The Morgan fingerprint density at radius 1 is 0.210 bits per heavy atom. The van der Waals surface area contributed by atoms with E-state index >= 15 is 0 Å². The summed E-state index contributed by atoms with van der Waals surface area (Å²) in [4.78, 5) is 74.5. The Morgan fingerprint density at radius 3 is 0.403 bits per heavy atom. The topological polar surface area (TPSA) is 128 Å². The van der Waals surface area contributed by atoms with Gasteiger partial charge in [0.1, 0.15) is 0 Å². The number of nitrogens with zero attached hydrogens (tertiary/aromatic N) is 8. The number of carbonyl (C=O) groups is 6. The highest BCUT2D eigenvalue weighted by Gasteiger charge is 2.48. The highest BCUT2D eigenvalue weighted by atomic mass is 19.4. The first-order chi connectivity index (χ1) is 28.0. The Kier molecular flexibility index (Phi) is 18.0. The molecule has 0 atom stereocenters. The molecule has 3 aliphatic heterocycles. The van der Waals surface area contributed by atoms with Gasteiger partial charge in [0.15, 0.2) is 0 Å². The number of carbonyl (C=O) groups excluding carboxylic acids is 6. The summed E-state index contributed by atoms with van der Waals surface area (Å²) in [6.45, 7) is -23.0. The molecule has 0 aliphatic carbocycles. The Morgan fingerprint density at radius 2 is 0.306 bits per heavy atom. The van der Waals surface area contributed by atoms with Crippen LogP contribution in [0.15, 0.2) is 0 Å². The summed E-state index contributed by atoms with van der Waals surface area (Å²) >= 11 is 0. The number of hydrogen-bond donors (Lipinski definition) is 0. The molecule has 0 saturated carbocycles. The Labute approximate surface area is 337 Å². The van der Waals surface area contributed by atoms with E-state index in [9.17, 15) is 108 Å². The molecule has 0 radical (unpaired) electrons. The second-order valence-electron chi connectivity index (χ2n) is 13.4. The van der Waals surface area contributed by atoms with Gasteiger partial charge in [0, 0.05) is 118 Å². The minimum Gasteiger partial charge on any atom is -0.332 e. The van der Waals surface area contributed by atoms with Gasteiger partial charge in [0.05, 0.1) is 0 Å². The van der Waals surface area contributed by atoms with Crippen molar-refractivity contribution in [2.75, 3.05) is 118 Å². The van der Waals surface area contributed by atoms with Crippen molar-refractivity contribution in [1.82, 2.24) is 39.2 Å². The van der Waals surface area contributed by atoms with E-state index in [1.54, 1.807) is 0 Å². The molecule has 0 aromatic rings. The molecule has 3 heterocycles. The molecule has 32 heteroatoms. The van der Waals surface area contributed by atoms with Gasteiger partial charge in [-0.25, -0.2) is 0 Å². The third-order valence-corrected chi connectivity index (χ3v) is 9.21. The number of rotatable bonds is 0. The third kappa shape index (κ3) is 16.3. The summed E-state index contributed by atoms with van der Waals surface area (Å²) in [6, 6.07) is 0. The van der Waals surface area contributed by atoms with Gasteiger partial charge in [-0.05, 0) is 0 Å². The maximum Gasteiger partial charge on any atom is 0.471 e. The van der Waals surface area contributed by atoms with Crippen LogP contribution in [0.3, 0.4) is 0 Å². The van der Waals surface area contributed by atoms with E-state index in [1.807, 2.05) is 0 Å². The van der Waals surface area contributed by atoms with E-state index in [-0.39, 0.29) is 29.4 Å². The number of alkyl halides is 18. The maximum atomic E-state index is 13.7. The highest BCUT2D eigenvalue weighted by molar-refractivity contribution is 5.85. The summed E-state index contributed by atoms with van der Waals surface area (Å²) in [5.41, 5.74) is 0. The Bertz CT molecular complexity index is 1290. The summed E-state index contributed by atoms with van der Waals surface area (Å²) in [5, 5.41) is 0. The Hall–Kier alpha value is -4.52. The van der Waals surface area contributed by atoms with Crippen LogP contribution in [0.5, 0.6) is 0 Å². The molecule has 0 unspecified atom stereocenters. The van der Waals surface area contributed by atoms with E-state index in [2.05, 4.69) is 0 Å². The van der Waals surface area contributed by atoms with Crippen LogP contribution < -0.4 is 0 Å². The van der Waals surface area contributed by atoms with Crippen LogP contribution in [0.1, 0.15) is 0 Å². The second kappa shape index (κ2) is 20.8. The zero-order valence-corrected chi connectivity index (χ0v) is 31.6. The predicted molar refractivity (Wildman–Crippen MR) is 169 cm³/mol. The molecular weight excluding hydrogens is 910 g/mol. The van der Waals surface area contributed by atoms with Crippen LogP contribution in [0.25, 0.3) is 0 Å². The van der Waals surface area contributed by atoms with Crippen molar-refractivity contribution < 1.29 is 108 Å². The zero-order chi connectivity index (χ0) is 47.8. The average molecular weight is 947 g/mol. The molecule has 0 aromatic carbocycles. The van der Waals surface area contributed by atoms with Crippen molar-refractivity contribution in [3.63, 3.8) is 0 Å². The first-order valence-electron chi connectivity index (χ1n) is 17.7. The second-order valence-corrected chi connectivity index (χ2v) is 13.4. The van der Waals surface area contributed by atoms with Crippen molar-refractivity contribution >= 4 is 35.4 Å². The van der Waals surface area contributed by atoms with Gasteiger partial charge < -0.3 is 29.4 Å². The molecular formula is C30H36F18N8O6. The zero-order valence-electron chi connectivity index (χ0n) is 31.6.